The van der Waals surface area contributed by atoms with Gasteiger partial charge in [-0.2, -0.15) is 0 Å². The number of rotatable bonds is 9. The summed E-state index contributed by atoms with van der Waals surface area (Å²) in [4.78, 5) is 25.2. The zero-order chi connectivity index (χ0) is 23.5. The van der Waals surface area contributed by atoms with Crippen LogP contribution >= 0.6 is 12.2 Å². The Morgan fingerprint density at radius 1 is 0.879 bits per heavy atom. The van der Waals surface area contributed by atoms with Gasteiger partial charge in [-0.15, -0.1) is 0 Å². The molecule has 0 unspecified atom stereocenters. The van der Waals surface area contributed by atoms with E-state index < -0.39 is 5.91 Å². The third-order valence-corrected chi connectivity index (χ3v) is 4.79. The topological polar surface area (TPSA) is 88.7 Å². The monoisotopic (exact) mass is 463 g/mol. The second-order valence-electron chi connectivity index (χ2n) is 6.99. The highest BCUT2D eigenvalue weighted by Gasteiger charge is 2.14. The fraction of sp³-hybridized carbons (Fsp3) is 0.160. The van der Waals surface area contributed by atoms with Crippen LogP contribution in [0.4, 0.5) is 5.69 Å². The fourth-order valence-electron chi connectivity index (χ4n) is 2.97. The van der Waals surface area contributed by atoms with E-state index in [9.17, 15) is 9.59 Å². The molecule has 0 heterocycles. The van der Waals surface area contributed by atoms with E-state index in [1.807, 2.05) is 30.3 Å². The molecule has 0 spiro atoms. The molecular weight excluding hydrogens is 438 g/mol. The van der Waals surface area contributed by atoms with Gasteiger partial charge in [0, 0.05) is 24.9 Å². The summed E-state index contributed by atoms with van der Waals surface area (Å²) in [5.74, 6) is -0.177. The molecule has 0 bridgehead atoms. The van der Waals surface area contributed by atoms with E-state index in [2.05, 4.69) is 16.0 Å². The van der Waals surface area contributed by atoms with Crippen molar-refractivity contribution in [1.29, 1.82) is 0 Å². The Morgan fingerprint density at radius 2 is 1.64 bits per heavy atom. The minimum Gasteiger partial charge on any atom is -0.490 e. The number of methoxy groups -OCH3 is 1. The Bertz CT molecular complexity index is 1110. The van der Waals surface area contributed by atoms with Crippen LogP contribution in [0.1, 0.15) is 26.3 Å². The van der Waals surface area contributed by atoms with Crippen molar-refractivity contribution >= 4 is 34.8 Å². The Morgan fingerprint density at radius 3 is 2.42 bits per heavy atom. The zero-order valence-corrected chi connectivity index (χ0v) is 19.0. The van der Waals surface area contributed by atoms with Gasteiger partial charge in [0.2, 0.25) is 0 Å². The lowest BCUT2D eigenvalue weighted by Gasteiger charge is -2.13. The van der Waals surface area contributed by atoms with Crippen LogP contribution in [0, 0.1) is 0 Å². The first-order valence-electron chi connectivity index (χ1n) is 10.3. The molecule has 0 atom stereocenters. The van der Waals surface area contributed by atoms with Gasteiger partial charge in [0.05, 0.1) is 12.2 Å². The Hall–Kier alpha value is -3.75. The number of hydrogen-bond donors (Lipinski definition) is 3. The van der Waals surface area contributed by atoms with Gasteiger partial charge in [0.25, 0.3) is 11.8 Å². The number of thiocarbonyl (C=S) groups is 1. The predicted molar refractivity (Wildman–Crippen MR) is 132 cm³/mol. The maximum absolute atomic E-state index is 12.7. The van der Waals surface area contributed by atoms with Crippen LogP contribution in [0.25, 0.3) is 0 Å². The van der Waals surface area contributed by atoms with E-state index in [1.165, 1.54) is 0 Å². The number of hydrogen-bond acceptors (Lipinski definition) is 5. The number of nitrogens with one attached hydrogen (secondary N) is 3. The Balaban J connectivity index is 1.57. The molecule has 0 aliphatic carbocycles. The first-order valence-corrected chi connectivity index (χ1v) is 10.7. The zero-order valence-electron chi connectivity index (χ0n) is 18.2. The fourth-order valence-corrected chi connectivity index (χ4v) is 3.18. The van der Waals surface area contributed by atoms with Crippen molar-refractivity contribution < 1.29 is 19.1 Å². The highest BCUT2D eigenvalue weighted by molar-refractivity contribution is 7.80. The van der Waals surface area contributed by atoms with Crippen LogP contribution in [-0.4, -0.2) is 37.3 Å². The van der Waals surface area contributed by atoms with Crippen LogP contribution in [0.5, 0.6) is 5.75 Å². The van der Waals surface area contributed by atoms with Crippen molar-refractivity contribution in [1.82, 2.24) is 10.6 Å². The summed E-state index contributed by atoms with van der Waals surface area (Å²) in [5, 5.41) is 8.57. The van der Waals surface area contributed by atoms with Gasteiger partial charge in [-0.25, -0.2) is 0 Å². The van der Waals surface area contributed by atoms with E-state index in [1.54, 1.807) is 55.6 Å². The normalized spacial score (nSPS) is 10.2. The summed E-state index contributed by atoms with van der Waals surface area (Å²) in [6, 6.07) is 23.4. The van der Waals surface area contributed by atoms with Crippen molar-refractivity contribution in [2.45, 2.75) is 6.54 Å². The first-order chi connectivity index (χ1) is 16.1. The summed E-state index contributed by atoms with van der Waals surface area (Å²) in [7, 11) is 1.58. The number of para-hydroxylation sites is 1. The molecule has 0 aliphatic rings. The minimum atomic E-state index is -0.405. The van der Waals surface area contributed by atoms with Crippen molar-refractivity contribution in [2.75, 3.05) is 25.6 Å². The maximum atomic E-state index is 12.7. The largest absolute Gasteiger partial charge is 0.490 e. The van der Waals surface area contributed by atoms with Crippen LogP contribution in [0.15, 0.2) is 78.9 Å². The molecule has 2 amide bonds. The Labute approximate surface area is 198 Å². The van der Waals surface area contributed by atoms with Crippen LogP contribution < -0.4 is 20.7 Å². The molecule has 3 aromatic carbocycles. The van der Waals surface area contributed by atoms with Gasteiger partial charge >= 0.3 is 0 Å². The first kappa shape index (κ1) is 23.9. The number of carbonyl (C=O) groups is 2. The number of amides is 2. The molecule has 3 N–H and O–H groups in total. The molecule has 3 aromatic rings. The lowest BCUT2D eigenvalue weighted by Crippen LogP contribution is -2.34. The highest BCUT2D eigenvalue weighted by atomic mass is 32.1. The van der Waals surface area contributed by atoms with Gasteiger partial charge in [0.15, 0.2) is 5.11 Å². The van der Waals surface area contributed by atoms with E-state index in [-0.39, 0.29) is 11.0 Å². The molecule has 0 saturated carbocycles. The lowest BCUT2D eigenvalue weighted by atomic mass is 10.1. The molecule has 0 radical (unpaired) electrons. The molecule has 33 heavy (non-hydrogen) atoms. The summed E-state index contributed by atoms with van der Waals surface area (Å²) in [6.45, 7) is 1.16. The van der Waals surface area contributed by atoms with E-state index in [0.29, 0.717) is 42.3 Å². The second kappa shape index (κ2) is 12.3. The summed E-state index contributed by atoms with van der Waals surface area (Å²) >= 11 is 5.28. The van der Waals surface area contributed by atoms with Crippen molar-refractivity contribution in [3.8, 4) is 5.75 Å². The van der Waals surface area contributed by atoms with E-state index >= 15 is 0 Å². The van der Waals surface area contributed by atoms with Crippen LogP contribution in [0.2, 0.25) is 0 Å². The summed E-state index contributed by atoms with van der Waals surface area (Å²) < 4.78 is 10.6. The molecule has 7 nitrogen and oxygen atoms in total. The number of carbonyl (C=O) groups excluding carboxylic acids is 2. The van der Waals surface area contributed by atoms with Crippen molar-refractivity contribution in [2.24, 2.45) is 0 Å². The number of ether oxygens (including phenoxy) is 2. The summed E-state index contributed by atoms with van der Waals surface area (Å²) in [5.41, 5.74) is 2.42. The van der Waals surface area contributed by atoms with Gasteiger partial charge < -0.3 is 20.1 Å². The maximum Gasteiger partial charge on any atom is 0.261 e. The molecule has 3 rings (SSSR count). The van der Waals surface area contributed by atoms with Gasteiger partial charge in [-0.05, 0) is 48.1 Å². The van der Waals surface area contributed by atoms with Gasteiger partial charge in [0.1, 0.15) is 12.4 Å². The molecule has 170 valence electrons. The quantitative estimate of drug-likeness (QED) is 0.331. The number of anilines is 1. The molecule has 0 fully saturated rings. The SMILES string of the molecule is COCCOc1ccccc1C(=O)NC(=S)Nc1cccc(C(=O)NCc2ccccc2)c1. The standard InChI is InChI=1S/C25H25N3O4S/c1-31-14-15-32-22-13-6-5-12-21(22)24(30)28-25(33)27-20-11-7-10-19(16-20)23(29)26-17-18-8-3-2-4-9-18/h2-13,16H,14-15,17H2,1H3,(H,26,29)(H2,27,28,30,33). The third kappa shape index (κ3) is 7.41. The number of benzene rings is 3. The summed E-state index contributed by atoms with van der Waals surface area (Å²) in [6.07, 6.45) is 0. The van der Waals surface area contributed by atoms with Gasteiger partial charge in [-0.1, -0.05) is 48.5 Å². The van der Waals surface area contributed by atoms with Gasteiger partial charge in [-0.3, -0.25) is 14.9 Å². The molecular formula is C25H25N3O4S. The molecule has 0 aromatic heterocycles. The van der Waals surface area contributed by atoms with Crippen molar-refractivity contribution in [3.05, 3.63) is 95.6 Å². The second-order valence-corrected chi connectivity index (χ2v) is 7.40. The van der Waals surface area contributed by atoms with Crippen LogP contribution in [0.3, 0.4) is 0 Å². The van der Waals surface area contributed by atoms with E-state index in [4.69, 9.17) is 21.7 Å². The average molecular weight is 464 g/mol. The predicted octanol–water partition coefficient (Wildman–Crippen LogP) is 3.77. The third-order valence-electron chi connectivity index (χ3n) is 4.58. The minimum absolute atomic E-state index is 0.105. The highest BCUT2D eigenvalue weighted by Crippen LogP contribution is 2.18. The molecule has 0 saturated heterocycles. The Kier molecular flexibility index (Phi) is 8.93. The average Bonchev–Trinajstić information content (AvgIpc) is 2.83. The smallest absolute Gasteiger partial charge is 0.261 e. The van der Waals surface area contributed by atoms with Crippen LogP contribution in [-0.2, 0) is 11.3 Å². The van der Waals surface area contributed by atoms with E-state index in [0.717, 1.165) is 5.56 Å². The van der Waals surface area contributed by atoms with Crippen molar-refractivity contribution in [3.63, 3.8) is 0 Å². The molecule has 8 heteroatoms. The lowest BCUT2D eigenvalue weighted by molar-refractivity contribution is 0.0947. The molecule has 0 aliphatic heterocycles.